The van der Waals surface area contributed by atoms with Crippen LogP contribution in [0, 0.1) is 0 Å². The summed E-state index contributed by atoms with van der Waals surface area (Å²) < 4.78 is 4.82. The number of hydrogen-bond donors (Lipinski definition) is 0. The van der Waals surface area contributed by atoms with Crippen molar-refractivity contribution in [1.82, 2.24) is 4.90 Å². The van der Waals surface area contributed by atoms with E-state index in [2.05, 4.69) is 13.8 Å². The van der Waals surface area contributed by atoms with Crippen LogP contribution in [-0.4, -0.2) is 60.4 Å². The van der Waals surface area contributed by atoms with Gasteiger partial charge >= 0.3 is 11.9 Å². The maximum atomic E-state index is 12.4. The highest BCUT2D eigenvalue weighted by Gasteiger charge is 2.38. The number of carbonyl (C=O) groups excluding carboxylic acids is 3. The number of ketones is 1. The van der Waals surface area contributed by atoms with E-state index in [1.807, 2.05) is 23.1 Å². The Kier molecular flexibility index (Phi) is 5.15. The predicted molar refractivity (Wildman–Crippen MR) is 97.0 cm³/mol. The average molecular weight is 362 g/mol. The number of thioether (sulfide) groups is 1. The van der Waals surface area contributed by atoms with Crippen molar-refractivity contribution < 1.29 is 19.1 Å². The molecule has 0 N–H and O–H groups in total. The largest absolute Gasteiger partial charge is 0.468 e. The predicted octanol–water partition coefficient (Wildman–Crippen LogP) is 1.89. The van der Waals surface area contributed by atoms with E-state index < -0.39 is 11.7 Å². The molecule has 0 saturated carbocycles. The number of amides is 1. The van der Waals surface area contributed by atoms with Crippen LogP contribution in [0.3, 0.4) is 0 Å². The molecule has 1 atom stereocenters. The fourth-order valence-corrected chi connectivity index (χ4v) is 4.32. The van der Waals surface area contributed by atoms with Crippen molar-refractivity contribution in [3.8, 4) is 0 Å². The van der Waals surface area contributed by atoms with Gasteiger partial charge in [-0.15, -0.1) is 11.8 Å². The van der Waals surface area contributed by atoms with E-state index in [0.717, 1.165) is 17.9 Å². The molecule has 1 aromatic rings. The summed E-state index contributed by atoms with van der Waals surface area (Å²) >= 11 is 1.56. The van der Waals surface area contributed by atoms with Crippen LogP contribution < -0.4 is 4.90 Å². The van der Waals surface area contributed by atoms with Crippen molar-refractivity contribution in [2.24, 2.45) is 0 Å². The molecule has 0 radical (unpaired) electrons. The van der Waals surface area contributed by atoms with E-state index in [9.17, 15) is 14.4 Å². The second-order valence-corrected chi connectivity index (χ2v) is 7.91. The first-order chi connectivity index (χ1) is 11.9. The fourth-order valence-electron chi connectivity index (χ4n) is 3.12. The molecule has 25 heavy (non-hydrogen) atoms. The average Bonchev–Trinajstić information content (AvgIpc) is 2.85. The minimum atomic E-state index is -0.497. The Morgan fingerprint density at radius 1 is 1.36 bits per heavy atom. The van der Waals surface area contributed by atoms with Crippen LogP contribution in [0.2, 0.25) is 0 Å². The third-order valence-corrected chi connectivity index (χ3v) is 5.78. The molecule has 2 aliphatic heterocycles. The van der Waals surface area contributed by atoms with Crippen LogP contribution in [0.5, 0.6) is 0 Å². The molecule has 7 heteroatoms. The Morgan fingerprint density at radius 3 is 2.80 bits per heavy atom. The molecule has 6 nitrogen and oxygen atoms in total. The molecular weight excluding hydrogens is 340 g/mol. The van der Waals surface area contributed by atoms with Gasteiger partial charge < -0.3 is 4.74 Å². The van der Waals surface area contributed by atoms with Gasteiger partial charge in [-0.05, 0) is 23.6 Å². The molecule has 1 saturated heterocycles. The summed E-state index contributed by atoms with van der Waals surface area (Å²) in [6, 6.07) is 5.64. The lowest BCUT2D eigenvalue weighted by molar-refractivity contribution is -0.140. The Hall–Kier alpha value is -1.86. The summed E-state index contributed by atoms with van der Waals surface area (Å²) in [6.07, 6.45) is 0. The van der Waals surface area contributed by atoms with Crippen LogP contribution in [0.25, 0.3) is 0 Å². The minimum Gasteiger partial charge on any atom is -0.468 e. The number of esters is 1. The zero-order valence-electron chi connectivity index (χ0n) is 14.7. The number of fused-ring (bicyclic) bond motifs is 1. The Bertz CT molecular complexity index is 719. The van der Waals surface area contributed by atoms with Crippen LogP contribution >= 0.6 is 11.8 Å². The van der Waals surface area contributed by atoms with E-state index in [-0.39, 0.29) is 11.2 Å². The van der Waals surface area contributed by atoms with Gasteiger partial charge in [0.15, 0.2) is 0 Å². The van der Waals surface area contributed by atoms with Gasteiger partial charge in [-0.3, -0.25) is 24.2 Å². The molecule has 2 aliphatic rings. The lowest BCUT2D eigenvalue weighted by atomic mass is 9.99. The first kappa shape index (κ1) is 17.9. The van der Waals surface area contributed by atoms with Crippen molar-refractivity contribution in [3.05, 3.63) is 29.3 Å². The first-order valence-corrected chi connectivity index (χ1v) is 9.39. The van der Waals surface area contributed by atoms with Crippen LogP contribution in [-0.2, 0) is 14.3 Å². The van der Waals surface area contributed by atoms with Crippen molar-refractivity contribution >= 4 is 35.1 Å². The fraction of sp³-hybridized carbons (Fsp3) is 0.500. The van der Waals surface area contributed by atoms with Crippen molar-refractivity contribution in [3.63, 3.8) is 0 Å². The number of hydrogen-bond acceptors (Lipinski definition) is 6. The second kappa shape index (κ2) is 7.17. The highest BCUT2D eigenvalue weighted by atomic mass is 32.2. The van der Waals surface area contributed by atoms with Crippen molar-refractivity contribution in [2.45, 2.75) is 25.0 Å². The topological polar surface area (TPSA) is 66.9 Å². The van der Waals surface area contributed by atoms with Crippen molar-refractivity contribution in [1.29, 1.82) is 0 Å². The van der Waals surface area contributed by atoms with Gasteiger partial charge in [-0.25, -0.2) is 0 Å². The Morgan fingerprint density at radius 2 is 2.12 bits per heavy atom. The maximum absolute atomic E-state index is 12.4. The number of Topliss-reactive ketones (excluding diaryl/α,β-unsaturated/α-hetero) is 1. The van der Waals surface area contributed by atoms with E-state index in [0.29, 0.717) is 30.4 Å². The van der Waals surface area contributed by atoms with Crippen LogP contribution in [0.15, 0.2) is 18.2 Å². The van der Waals surface area contributed by atoms with Gasteiger partial charge in [0.2, 0.25) is 0 Å². The molecule has 1 aromatic carbocycles. The van der Waals surface area contributed by atoms with Gasteiger partial charge in [0.1, 0.15) is 5.25 Å². The molecule has 0 aromatic heterocycles. The standard InChI is InChI=1S/C18H22N2O4S/c1-11(2)12-4-5-14-13(8-12)16(21)17(22)20(14)10-19-6-7-25-15(9-19)18(23)24-3/h4-5,8,11,15H,6-7,9-10H2,1-3H3/t15-/m1/s1. The molecule has 0 bridgehead atoms. The van der Waals surface area contributed by atoms with Crippen molar-refractivity contribution in [2.75, 3.05) is 37.5 Å². The quantitative estimate of drug-likeness (QED) is 0.602. The number of benzene rings is 1. The highest BCUT2D eigenvalue weighted by Crippen LogP contribution is 2.32. The number of nitrogens with zero attached hydrogens (tertiary/aromatic N) is 2. The summed E-state index contributed by atoms with van der Waals surface area (Å²) in [6.45, 7) is 5.69. The maximum Gasteiger partial charge on any atom is 0.320 e. The molecule has 134 valence electrons. The lowest BCUT2D eigenvalue weighted by Crippen LogP contribution is -2.48. The highest BCUT2D eigenvalue weighted by molar-refractivity contribution is 8.00. The number of rotatable bonds is 4. The Balaban J connectivity index is 1.79. The van der Waals surface area contributed by atoms with Gasteiger partial charge in [0.25, 0.3) is 5.78 Å². The summed E-state index contributed by atoms with van der Waals surface area (Å²) in [4.78, 5) is 40.1. The van der Waals surface area contributed by atoms with Gasteiger partial charge in [-0.2, -0.15) is 0 Å². The van der Waals surface area contributed by atoms with E-state index in [4.69, 9.17) is 4.74 Å². The summed E-state index contributed by atoms with van der Waals surface area (Å²) in [5.74, 6) is -0.116. The lowest BCUT2D eigenvalue weighted by Gasteiger charge is -2.33. The third-order valence-electron chi connectivity index (χ3n) is 4.62. The molecule has 0 spiro atoms. The second-order valence-electron chi connectivity index (χ2n) is 6.59. The van der Waals surface area contributed by atoms with Gasteiger partial charge in [0.05, 0.1) is 25.0 Å². The zero-order valence-corrected chi connectivity index (χ0v) is 15.5. The molecule has 2 heterocycles. The SMILES string of the molecule is COC(=O)[C@H]1CN(CN2C(=O)C(=O)c3cc(C(C)C)ccc32)CCS1. The van der Waals surface area contributed by atoms with E-state index >= 15 is 0 Å². The molecular formula is C18H22N2O4S. The van der Waals surface area contributed by atoms with E-state index in [1.54, 1.807) is 11.8 Å². The Labute approximate surface area is 151 Å². The van der Waals surface area contributed by atoms with Crippen LogP contribution in [0.1, 0.15) is 35.7 Å². The molecule has 0 aliphatic carbocycles. The molecule has 1 amide bonds. The van der Waals surface area contributed by atoms with E-state index in [1.165, 1.54) is 12.0 Å². The summed E-state index contributed by atoms with van der Waals surface area (Å²) in [7, 11) is 1.38. The van der Waals surface area contributed by atoms with Gasteiger partial charge in [-0.1, -0.05) is 19.9 Å². The monoisotopic (exact) mass is 362 g/mol. The normalized spacial score (nSPS) is 21.0. The number of anilines is 1. The number of methoxy groups -OCH3 is 1. The van der Waals surface area contributed by atoms with Gasteiger partial charge in [0, 0.05) is 18.8 Å². The molecule has 0 unspecified atom stereocenters. The van der Waals surface area contributed by atoms with Crippen LogP contribution in [0.4, 0.5) is 5.69 Å². The summed E-state index contributed by atoms with van der Waals surface area (Å²) in [5, 5.41) is -0.255. The first-order valence-electron chi connectivity index (χ1n) is 8.34. The summed E-state index contributed by atoms with van der Waals surface area (Å²) in [5.41, 5.74) is 2.18. The third kappa shape index (κ3) is 3.43. The molecule has 3 rings (SSSR count). The number of carbonyl (C=O) groups is 3. The molecule has 1 fully saturated rings. The number of ether oxygens (including phenoxy) is 1. The zero-order chi connectivity index (χ0) is 18.1. The minimum absolute atomic E-state index is 0.250. The smallest absolute Gasteiger partial charge is 0.320 e.